The van der Waals surface area contributed by atoms with Crippen LogP contribution in [0.3, 0.4) is 0 Å². The van der Waals surface area contributed by atoms with Crippen molar-refractivity contribution in [1.29, 1.82) is 0 Å². The van der Waals surface area contributed by atoms with Crippen molar-refractivity contribution >= 4 is 5.97 Å². The van der Waals surface area contributed by atoms with Crippen LogP contribution in [0.4, 0.5) is 0 Å². The lowest BCUT2D eigenvalue weighted by Gasteiger charge is -2.19. The summed E-state index contributed by atoms with van der Waals surface area (Å²) in [5, 5.41) is 3.08. The third-order valence-electron chi connectivity index (χ3n) is 2.12. The van der Waals surface area contributed by atoms with Crippen LogP contribution in [0.15, 0.2) is 24.3 Å². The van der Waals surface area contributed by atoms with Crippen molar-refractivity contribution in [3.63, 3.8) is 0 Å². The van der Waals surface area contributed by atoms with Crippen molar-refractivity contribution in [2.45, 2.75) is 32.9 Å². The smallest absolute Gasteiger partial charge is 0.338 e. The first-order valence-corrected chi connectivity index (χ1v) is 5.89. The molecule has 0 aromatic heterocycles. The third-order valence-corrected chi connectivity index (χ3v) is 2.12. The molecular weight excluding hydrogens is 226 g/mol. The minimum atomic E-state index is -0.477. The van der Waals surface area contributed by atoms with Crippen molar-refractivity contribution < 1.29 is 9.53 Å². The molecule has 0 aliphatic heterocycles. The van der Waals surface area contributed by atoms with Gasteiger partial charge in [-0.1, -0.05) is 18.1 Å². The third kappa shape index (κ3) is 5.03. The van der Waals surface area contributed by atoms with Crippen LogP contribution in [0.5, 0.6) is 0 Å². The molecule has 1 aromatic rings. The number of nitrogens with one attached hydrogen (secondary N) is 1. The SMILES string of the molecule is C#CCNCc1cccc(C(=O)OC(C)(C)C)c1. The topological polar surface area (TPSA) is 38.3 Å². The van der Waals surface area contributed by atoms with Crippen LogP contribution < -0.4 is 5.32 Å². The van der Waals surface area contributed by atoms with Gasteiger partial charge in [-0.2, -0.15) is 0 Å². The summed E-state index contributed by atoms with van der Waals surface area (Å²) in [5.41, 5.74) is 1.09. The molecule has 0 unspecified atom stereocenters. The summed E-state index contributed by atoms with van der Waals surface area (Å²) >= 11 is 0. The maximum Gasteiger partial charge on any atom is 0.338 e. The molecule has 18 heavy (non-hydrogen) atoms. The Kier molecular flexibility index (Phi) is 4.94. The second-order valence-corrected chi connectivity index (χ2v) is 5.01. The van der Waals surface area contributed by atoms with Gasteiger partial charge in [0.1, 0.15) is 5.60 Å². The lowest BCUT2D eigenvalue weighted by molar-refractivity contribution is 0.00694. The Morgan fingerprint density at radius 2 is 2.17 bits per heavy atom. The minimum absolute atomic E-state index is 0.304. The number of ether oxygens (including phenoxy) is 1. The van der Waals surface area contributed by atoms with Crippen LogP contribution in [0.25, 0.3) is 0 Å². The molecule has 3 heteroatoms. The van der Waals surface area contributed by atoms with Crippen LogP contribution in [0.1, 0.15) is 36.7 Å². The molecule has 0 aliphatic carbocycles. The van der Waals surface area contributed by atoms with Gasteiger partial charge in [0.15, 0.2) is 0 Å². The fourth-order valence-corrected chi connectivity index (χ4v) is 1.42. The number of esters is 1. The maximum absolute atomic E-state index is 11.9. The molecular formula is C15H19NO2. The Balaban J connectivity index is 2.70. The number of hydrogen-bond donors (Lipinski definition) is 1. The molecule has 0 radical (unpaired) electrons. The van der Waals surface area contributed by atoms with E-state index < -0.39 is 5.60 Å². The van der Waals surface area contributed by atoms with E-state index in [0.29, 0.717) is 18.7 Å². The summed E-state index contributed by atoms with van der Waals surface area (Å²) in [5.74, 6) is 2.20. The van der Waals surface area contributed by atoms with E-state index in [0.717, 1.165) is 5.56 Å². The van der Waals surface area contributed by atoms with E-state index in [1.807, 2.05) is 39.0 Å². The highest BCUT2D eigenvalue weighted by Crippen LogP contribution is 2.13. The normalized spacial score (nSPS) is 10.8. The quantitative estimate of drug-likeness (QED) is 0.503. The van der Waals surface area contributed by atoms with E-state index in [2.05, 4.69) is 11.2 Å². The zero-order valence-electron chi connectivity index (χ0n) is 11.1. The van der Waals surface area contributed by atoms with E-state index in [1.54, 1.807) is 6.07 Å². The van der Waals surface area contributed by atoms with Crippen LogP contribution >= 0.6 is 0 Å². The molecule has 0 spiro atoms. The highest BCUT2D eigenvalue weighted by Gasteiger charge is 2.17. The standard InChI is InChI=1S/C15H19NO2/c1-5-9-16-11-12-7-6-8-13(10-12)14(17)18-15(2,3)4/h1,6-8,10,16H,9,11H2,2-4H3. The summed E-state index contributed by atoms with van der Waals surface area (Å²) in [7, 11) is 0. The number of terminal acetylenes is 1. The number of rotatable bonds is 4. The van der Waals surface area contributed by atoms with E-state index in [9.17, 15) is 4.79 Å². The van der Waals surface area contributed by atoms with E-state index >= 15 is 0 Å². The fourth-order valence-electron chi connectivity index (χ4n) is 1.42. The molecule has 3 nitrogen and oxygen atoms in total. The van der Waals surface area contributed by atoms with Crippen molar-refractivity contribution in [1.82, 2.24) is 5.32 Å². The van der Waals surface area contributed by atoms with Gasteiger partial charge in [-0.25, -0.2) is 4.79 Å². The Bertz CT molecular complexity index is 452. The van der Waals surface area contributed by atoms with Gasteiger partial charge in [0.05, 0.1) is 12.1 Å². The average Bonchev–Trinajstić information content (AvgIpc) is 2.27. The molecule has 0 saturated carbocycles. The first-order valence-electron chi connectivity index (χ1n) is 5.89. The number of carbonyl (C=O) groups excluding carboxylic acids is 1. The van der Waals surface area contributed by atoms with Crippen LogP contribution in [0, 0.1) is 12.3 Å². The van der Waals surface area contributed by atoms with Crippen molar-refractivity contribution in [3.05, 3.63) is 35.4 Å². The zero-order valence-corrected chi connectivity index (χ0v) is 11.1. The van der Waals surface area contributed by atoms with Crippen molar-refractivity contribution in [2.75, 3.05) is 6.54 Å². The summed E-state index contributed by atoms with van der Waals surface area (Å²) in [6.45, 7) is 6.70. The molecule has 96 valence electrons. The zero-order chi connectivity index (χ0) is 13.6. The fraction of sp³-hybridized carbons (Fsp3) is 0.400. The van der Waals surface area contributed by atoms with Gasteiger partial charge in [-0.15, -0.1) is 6.42 Å². The second-order valence-electron chi connectivity index (χ2n) is 5.01. The number of carbonyl (C=O) groups is 1. The van der Waals surface area contributed by atoms with Crippen LogP contribution in [-0.4, -0.2) is 18.1 Å². The molecule has 1 N–H and O–H groups in total. The highest BCUT2D eigenvalue weighted by molar-refractivity contribution is 5.89. The molecule has 0 heterocycles. The van der Waals surface area contributed by atoms with Crippen molar-refractivity contribution in [2.24, 2.45) is 0 Å². The molecule has 0 bridgehead atoms. The summed E-state index contributed by atoms with van der Waals surface area (Å²) in [6.07, 6.45) is 5.15. The minimum Gasteiger partial charge on any atom is -0.456 e. The highest BCUT2D eigenvalue weighted by atomic mass is 16.6. The predicted octanol–water partition coefficient (Wildman–Crippen LogP) is 2.36. The lowest BCUT2D eigenvalue weighted by atomic mass is 10.1. The Hall–Kier alpha value is -1.79. The van der Waals surface area contributed by atoms with Gasteiger partial charge in [-0.05, 0) is 38.5 Å². The summed E-state index contributed by atoms with van der Waals surface area (Å²) in [6, 6.07) is 7.35. The maximum atomic E-state index is 11.9. The van der Waals surface area contributed by atoms with Gasteiger partial charge in [0.2, 0.25) is 0 Å². The second kappa shape index (κ2) is 6.23. The summed E-state index contributed by atoms with van der Waals surface area (Å²) in [4.78, 5) is 11.9. The molecule has 0 amide bonds. The van der Waals surface area contributed by atoms with E-state index in [4.69, 9.17) is 11.2 Å². The average molecular weight is 245 g/mol. The molecule has 0 atom stereocenters. The molecule has 1 rings (SSSR count). The van der Waals surface area contributed by atoms with Crippen LogP contribution in [-0.2, 0) is 11.3 Å². The largest absolute Gasteiger partial charge is 0.456 e. The summed E-state index contributed by atoms with van der Waals surface area (Å²) < 4.78 is 5.31. The van der Waals surface area contributed by atoms with E-state index in [-0.39, 0.29) is 5.97 Å². The Morgan fingerprint density at radius 3 is 2.78 bits per heavy atom. The van der Waals surface area contributed by atoms with Gasteiger partial charge in [0, 0.05) is 6.54 Å². The van der Waals surface area contributed by atoms with Crippen LogP contribution in [0.2, 0.25) is 0 Å². The predicted molar refractivity (Wildman–Crippen MR) is 72.2 cm³/mol. The Morgan fingerprint density at radius 1 is 1.44 bits per heavy atom. The molecule has 0 fully saturated rings. The monoisotopic (exact) mass is 245 g/mol. The first-order chi connectivity index (χ1) is 8.42. The van der Waals surface area contributed by atoms with Gasteiger partial charge >= 0.3 is 5.97 Å². The first kappa shape index (κ1) is 14.3. The van der Waals surface area contributed by atoms with Gasteiger partial charge < -0.3 is 10.1 Å². The van der Waals surface area contributed by atoms with Gasteiger partial charge in [0.25, 0.3) is 0 Å². The Labute approximate surface area is 109 Å². The van der Waals surface area contributed by atoms with Gasteiger partial charge in [-0.3, -0.25) is 0 Å². The van der Waals surface area contributed by atoms with E-state index in [1.165, 1.54) is 0 Å². The lowest BCUT2D eigenvalue weighted by Crippen LogP contribution is -2.24. The molecule has 1 aromatic carbocycles. The van der Waals surface area contributed by atoms with Crippen molar-refractivity contribution in [3.8, 4) is 12.3 Å². The number of hydrogen-bond acceptors (Lipinski definition) is 3. The number of benzene rings is 1. The molecule has 0 aliphatic rings. The molecule has 0 saturated heterocycles.